The van der Waals surface area contributed by atoms with Gasteiger partial charge in [-0.2, -0.15) is 0 Å². The van der Waals surface area contributed by atoms with Crippen LogP contribution in [0, 0.1) is 6.92 Å². The molecule has 17 heavy (non-hydrogen) atoms. The summed E-state index contributed by atoms with van der Waals surface area (Å²) in [6.45, 7) is 2.02. The number of methoxy groups -OCH3 is 1. The first-order valence-electron chi connectivity index (χ1n) is 5.45. The molecule has 0 atom stereocenters. The maximum atomic E-state index is 10.6. The van der Waals surface area contributed by atoms with Gasteiger partial charge in [-0.15, -0.1) is 0 Å². The Morgan fingerprint density at radius 3 is 2.18 bits per heavy atom. The van der Waals surface area contributed by atoms with Crippen LogP contribution in [-0.4, -0.2) is 13.4 Å². The van der Waals surface area contributed by atoms with E-state index in [2.05, 4.69) is 6.07 Å². The first-order chi connectivity index (χ1) is 8.24. The molecule has 0 amide bonds. The van der Waals surface area contributed by atoms with Gasteiger partial charge < -0.3 is 4.74 Å². The van der Waals surface area contributed by atoms with Gasteiger partial charge in [-0.25, -0.2) is 0 Å². The van der Waals surface area contributed by atoms with E-state index >= 15 is 0 Å². The fourth-order valence-electron chi connectivity index (χ4n) is 1.81. The summed E-state index contributed by atoms with van der Waals surface area (Å²) >= 11 is 0. The summed E-state index contributed by atoms with van der Waals surface area (Å²) < 4.78 is 5.23. The van der Waals surface area contributed by atoms with Crippen molar-refractivity contribution in [2.24, 2.45) is 0 Å². The Balaban J connectivity index is 2.38. The van der Waals surface area contributed by atoms with Crippen molar-refractivity contribution < 1.29 is 9.53 Å². The minimum Gasteiger partial charge on any atom is -0.496 e. The first kappa shape index (κ1) is 11.4. The van der Waals surface area contributed by atoms with Crippen LogP contribution in [0.5, 0.6) is 5.75 Å². The van der Waals surface area contributed by atoms with Crippen molar-refractivity contribution in [3.05, 3.63) is 53.6 Å². The molecule has 2 heteroatoms. The molecule has 0 aromatic heterocycles. The molecule has 0 radical (unpaired) electrons. The lowest BCUT2D eigenvalue weighted by Gasteiger charge is -2.07. The lowest BCUT2D eigenvalue weighted by Crippen LogP contribution is -1.88. The van der Waals surface area contributed by atoms with E-state index in [4.69, 9.17) is 4.74 Å². The number of aldehydes is 1. The Bertz CT molecular complexity index is 527. The largest absolute Gasteiger partial charge is 0.496 e. The smallest absolute Gasteiger partial charge is 0.150 e. The molecule has 2 nitrogen and oxygen atoms in total. The highest BCUT2D eigenvalue weighted by Gasteiger charge is 2.02. The number of aryl methyl sites for hydroxylation is 1. The van der Waals surface area contributed by atoms with Crippen molar-refractivity contribution >= 4 is 6.29 Å². The van der Waals surface area contributed by atoms with Crippen molar-refractivity contribution in [2.45, 2.75) is 6.92 Å². The van der Waals surface area contributed by atoms with Crippen molar-refractivity contribution in [2.75, 3.05) is 7.11 Å². The van der Waals surface area contributed by atoms with Gasteiger partial charge in [0, 0.05) is 5.56 Å². The Kier molecular flexibility index (Phi) is 3.24. The molecule has 0 unspecified atom stereocenters. The number of ether oxygens (including phenoxy) is 1. The van der Waals surface area contributed by atoms with Crippen LogP contribution >= 0.6 is 0 Å². The molecule has 0 fully saturated rings. The maximum absolute atomic E-state index is 10.6. The average Bonchev–Trinajstić information content (AvgIpc) is 2.39. The monoisotopic (exact) mass is 226 g/mol. The number of hydrogen-bond acceptors (Lipinski definition) is 2. The van der Waals surface area contributed by atoms with E-state index in [9.17, 15) is 4.79 Å². The third-order valence-corrected chi connectivity index (χ3v) is 2.77. The average molecular weight is 226 g/mol. The highest BCUT2D eigenvalue weighted by molar-refractivity contribution is 5.77. The maximum Gasteiger partial charge on any atom is 0.150 e. The topological polar surface area (TPSA) is 26.3 Å². The normalized spacial score (nSPS) is 10.0. The van der Waals surface area contributed by atoms with Crippen LogP contribution in [-0.2, 0) is 0 Å². The highest BCUT2D eigenvalue weighted by atomic mass is 16.5. The number of benzene rings is 2. The molecule has 0 bridgehead atoms. The van der Waals surface area contributed by atoms with Crippen LogP contribution in [0.2, 0.25) is 0 Å². The van der Waals surface area contributed by atoms with Crippen molar-refractivity contribution in [3.8, 4) is 16.9 Å². The van der Waals surface area contributed by atoms with Gasteiger partial charge in [-0.3, -0.25) is 4.79 Å². The van der Waals surface area contributed by atoms with Gasteiger partial charge >= 0.3 is 0 Å². The standard InChI is InChI=1S/C15H14O2/c1-11-9-14(7-8-15(11)17-2)13-5-3-12(10-16)4-6-13/h3-10H,1-2H3. The number of rotatable bonds is 3. The molecule has 0 spiro atoms. The van der Waals surface area contributed by atoms with Crippen LogP contribution in [0.25, 0.3) is 11.1 Å². The van der Waals surface area contributed by atoms with E-state index in [1.165, 1.54) is 0 Å². The van der Waals surface area contributed by atoms with Crippen molar-refractivity contribution in [1.82, 2.24) is 0 Å². The van der Waals surface area contributed by atoms with Gasteiger partial charge in [0.15, 0.2) is 0 Å². The lowest BCUT2D eigenvalue weighted by atomic mass is 10.0. The lowest BCUT2D eigenvalue weighted by molar-refractivity contribution is 0.112. The quantitative estimate of drug-likeness (QED) is 0.749. The molecule has 0 aliphatic rings. The van der Waals surface area contributed by atoms with E-state index in [0.29, 0.717) is 5.56 Å². The van der Waals surface area contributed by atoms with Crippen LogP contribution in [0.4, 0.5) is 0 Å². The zero-order valence-electron chi connectivity index (χ0n) is 9.94. The van der Waals surface area contributed by atoms with Gasteiger partial charge in [0.2, 0.25) is 0 Å². The second-order valence-electron chi connectivity index (χ2n) is 3.92. The highest BCUT2D eigenvalue weighted by Crippen LogP contribution is 2.25. The second kappa shape index (κ2) is 4.83. The molecule has 0 aliphatic carbocycles. The summed E-state index contributed by atoms with van der Waals surface area (Å²) in [7, 11) is 1.67. The number of carbonyl (C=O) groups is 1. The van der Waals surface area contributed by atoms with Gasteiger partial charge in [0.25, 0.3) is 0 Å². The van der Waals surface area contributed by atoms with E-state index in [1.54, 1.807) is 7.11 Å². The third kappa shape index (κ3) is 2.36. The summed E-state index contributed by atoms with van der Waals surface area (Å²) in [6.07, 6.45) is 0.850. The molecule has 0 saturated carbocycles. The fourth-order valence-corrected chi connectivity index (χ4v) is 1.81. The predicted octanol–water partition coefficient (Wildman–Crippen LogP) is 3.48. The molecule has 0 saturated heterocycles. The third-order valence-electron chi connectivity index (χ3n) is 2.77. The van der Waals surface area contributed by atoms with E-state index in [-0.39, 0.29) is 0 Å². The van der Waals surface area contributed by atoms with Gasteiger partial charge in [-0.05, 0) is 35.7 Å². The summed E-state index contributed by atoms with van der Waals surface area (Å²) in [6, 6.07) is 13.6. The van der Waals surface area contributed by atoms with E-state index < -0.39 is 0 Å². The molecule has 2 aromatic rings. The Hall–Kier alpha value is -2.09. The Morgan fingerprint density at radius 1 is 1.00 bits per heavy atom. The zero-order valence-corrected chi connectivity index (χ0v) is 9.94. The molecular formula is C15H14O2. The molecule has 0 aliphatic heterocycles. The van der Waals surface area contributed by atoms with E-state index in [0.717, 1.165) is 28.7 Å². The van der Waals surface area contributed by atoms with Crippen molar-refractivity contribution in [1.29, 1.82) is 0 Å². The minimum absolute atomic E-state index is 0.694. The van der Waals surface area contributed by atoms with Crippen molar-refractivity contribution in [3.63, 3.8) is 0 Å². The summed E-state index contributed by atoms with van der Waals surface area (Å²) in [5.74, 6) is 0.887. The zero-order chi connectivity index (χ0) is 12.3. The van der Waals surface area contributed by atoms with E-state index in [1.807, 2.05) is 43.3 Å². The van der Waals surface area contributed by atoms with Crippen LogP contribution in [0.15, 0.2) is 42.5 Å². The molecule has 0 heterocycles. The second-order valence-corrected chi connectivity index (χ2v) is 3.92. The number of hydrogen-bond donors (Lipinski definition) is 0. The summed E-state index contributed by atoms with van der Waals surface area (Å²) in [5, 5.41) is 0. The van der Waals surface area contributed by atoms with Gasteiger partial charge in [0.05, 0.1) is 7.11 Å². The van der Waals surface area contributed by atoms with Gasteiger partial charge in [-0.1, -0.05) is 30.3 Å². The molecule has 2 rings (SSSR count). The molecule has 86 valence electrons. The summed E-state index contributed by atoms with van der Waals surface area (Å²) in [4.78, 5) is 10.6. The Labute approximate surface area is 101 Å². The van der Waals surface area contributed by atoms with Crippen LogP contribution in [0.1, 0.15) is 15.9 Å². The molecule has 0 N–H and O–H groups in total. The van der Waals surface area contributed by atoms with Gasteiger partial charge in [0.1, 0.15) is 12.0 Å². The minimum atomic E-state index is 0.694. The van der Waals surface area contributed by atoms with Crippen LogP contribution < -0.4 is 4.74 Å². The SMILES string of the molecule is COc1ccc(-c2ccc(C=O)cc2)cc1C. The first-order valence-corrected chi connectivity index (χ1v) is 5.45. The number of carbonyl (C=O) groups excluding carboxylic acids is 1. The molecule has 2 aromatic carbocycles. The summed E-state index contributed by atoms with van der Waals surface area (Å²) in [5.41, 5.74) is 4.02. The Morgan fingerprint density at radius 2 is 1.65 bits per heavy atom. The predicted molar refractivity (Wildman–Crippen MR) is 68.6 cm³/mol. The fraction of sp³-hybridized carbons (Fsp3) is 0.133. The molecular weight excluding hydrogens is 212 g/mol. The van der Waals surface area contributed by atoms with Crippen LogP contribution in [0.3, 0.4) is 0 Å².